The van der Waals surface area contributed by atoms with Gasteiger partial charge in [-0.3, -0.25) is 4.98 Å². The summed E-state index contributed by atoms with van der Waals surface area (Å²) in [6.07, 6.45) is 10.0. The molecule has 1 unspecified atom stereocenters. The lowest BCUT2D eigenvalue weighted by molar-refractivity contribution is 0.626. The third kappa shape index (κ3) is 2.89. The van der Waals surface area contributed by atoms with Crippen molar-refractivity contribution in [1.29, 1.82) is 0 Å². The summed E-state index contributed by atoms with van der Waals surface area (Å²) in [7, 11) is 0. The number of hydrogen-bond acceptors (Lipinski definition) is 2. The van der Waals surface area contributed by atoms with E-state index in [1.54, 1.807) is 12.4 Å². The quantitative estimate of drug-likeness (QED) is 0.703. The molecule has 1 aromatic heterocycles. The largest absolute Gasteiger partial charge is 0.300 e. The molecular weight excluding hydrogens is 160 g/mol. The van der Waals surface area contributed by atoms with Gasteiger partial charge in [0.05, 0.1) is 6.04 Å². The molecule has 0 aliphatic heterocycles. The molecule has 0 aromatic carbocycles. The second-order valence-electron chi connectivity index (χ2n) is 2.83. The number of aromatic nitrogens is 1. The van der Waals surface area contributed by atoms with Gasteiger partial charge in [-0.1, -0.05) is 12.8 Å². The summed E-state index contributed by atoms with van der Waals surface area (Å²) in [5.74, 6) is 2.71. The molecule has 1 rings (SSSR count). The number of nitrogens with zero attached hydrogens (tertiary/aromatic N) is 1. The zero-order valence-corrected chi connectivity index (χ0v) is 7.83. The Kier molecular flexibility index (Phi) is 4.01. The zero-order chi connectivity index (χ0) is 9.52. The Morgan fingerprint density at radius 1 is 1.54 bits per heavy atom. The standard InChI is InChI=1S/C11H14N2/c1-3-7-13-11(4-2)10-5-8-12-9-6-10/h2,5-6,8-9,11,13H,3,7H2,1H3. The van der Waals surface area contributed by atoms with Gasteiger partial charge < -0.3 is 5.32 Å². The summed E-state index contributed by atoms with van der Waals surface area (Å²) < 4.78 is 0. The van der Waals surface area contributed by atoms with Crippen LogP contribution in [0.1, 0.15) is 24.9 Å². The molecule has 0 fully saturated rings. The SMILES string of the molecule is C#CC(NCCC)c1ccncc1. The van der Waals surface area contributed by atoms with Crippen LogP contribution in [-0.2, 0) is 0 Å². The lowest BCUT2D eigenvalue weighted by Gasteiger charge is -2.11. The fraction of sp³-hybridized carbons (Fsp3) is 0.364. The van der Waals surface area contributed by atoms with Gasteiger partial charge in [0.2, 0.25) is 0 Å². The van der Waals surface area contributed by atoms with Crippen molar-refractivity contribution in [2.45, 2.75) is 19.4 Å². The number of pyridine rings is 1. The van der Waals surface area contributed by atoms with E-state index in [4.69, 9.17) is 6.42 Å². The first-order chi connectivity index (χ1) is 6.38. The molecule has 0 spiro atoms. The molecule has 0 aliphatic rings. The highest BCUT2D eigenvalue weighted by Crippen LogP contribution is 2.09. The first-order valence-corrected chi connectivity index (χ1v) is 4.48. The van der Waals surface area contributed by atoms with Crippen LogP contribution in [0.5, 0.6) is 0 Å². The van der Waals surface area contributed by atoms with Gasteiger partial charge in [0, 0.05) is 12.4 Å². The summed E-state index contributed by atoms with van der Waals surface area (Å²) in [6, 6.07) is 3.89. The third-order valence-electron chi connectivity index (χ3n) is 1.80. The van der Waals surface area contributed by atoms with E-state index in [0.717, 1.165) is 18.5 Å². The first kappa shape index (κ1) is 9.76. The second kappa shape index (κ2) is 5.34. The molecule has 0 saturated heterocycles. The van der Waals surface area contributed by atoms with E-state index in [1.807, 2.05) is 12.1 Å². The molecule has 0 bridgehead atoms. The van der Waals surface area contributed by atoms with E-state index in [1.165, 1.54) is 0 Å². The number of nitrogens with one attached hydrogen (secondary N) is 1. The third-order valence-corrected chi connectivity index (χ3v) is 1.80. The Morgan fingerprint density at radius 2 is 2.23 bits per heavy atom. The van der Waals surface area contributed by atoms with E-state index in [2.05, 4.69) is 23.1 Å². The molecular formula is C11H14N2. The Labute approximate surface area is 79.4 Å². The summed E-state index contributed by atoms with van der Waals surface area (Å²) >= 11 is 0. The Hall–Kier alpha value is -1.33. The smallest absolute Gasteiger partial charge is 0.0944 e. The number of terminal acetylenes is 1. The molecule has 1 N–H and O–H groups in total. The van der Waals surface area contributed by atoms with Gasteiger partial charge in [-0.25, -0.2) is 0 Å². The maximum absolute atomic E-state index is 5.41. The predicted molar refractivity (Wildman–Crippen MR) is 54.1 cm³/mol. The van der Waals surface area contributed by atoms with Crippen molar-refractivity contribution in [3.63, 3.8) is 0 Å². The molecule has 0 radical (unpaired) electrons. The second-order valence-corrected chi connectivity index (χ2v) is 2.83. The summed E-state index contributed by atoms with van der Waals surface area (Å²) in [6.45, 7) is 3.06. The Balaban J connectivity index is 2.63. The van der Waals surface area contributed by atoms with Crippen molar-refractivity contribution >= 4 is 0 Å². The lowest BCUT2D eigenvalue weighted by Crippen LogP contribution is -2.20. The Morgan fingerprint density at radius 3 is 2.77 bits per heavy atom. The van der Waals surface area contributed by atoms with Crippen molar-refractivity contribution in [2.75, 3.05) is 6.54 Å². The van der Waals surface area contributed by atoms with E-state index in [9.17, 15) is 0 Å². The Bertz CT molecular complexity index is 274. The van der Waals surface area contributed by atoms with Crippen LogP contribution in [0.2, 0.25) is 0 Å². The number of hydrogen-bond donors (Lipinski definition) is 1. The van der Waals surface area contributed by atoms with Crippen LogP contribution in [0.15, 0.2) is 24.5 Å². The van der Waals surface area contributed by atoms with Gasteiger partial charge >= 0.3 is 0 Å². The molecule has 68 valence electrons. The molecule has 0 saturated carbocycles. The molecule has 0 amide bonds. The highest BCUT2D eigenvalue weighted by atomic mass is 14.9. The normalized spacial score (nSPS) is 12.0. The molecule has 1 aromatic rings. The van der Waals surface area contributed by atoms with Crippen molar-refractivity contribution in [1.82, 2.24) is 10.3 Å². The van der Waals surface area contributed by atoms with Crippen molar-refractivity contribution < 1.29 is 0 Å². The highest BCUT2D eigenvalue weighted by molar-refractivity contribution is 5.22. The van der Waals surface area contributed by atoms with Crippen molar-refractivity contribution in [3.05, 3.63) is 30.1 Å². The van der Waals surface area contributed by atoms with E-state index < -0.39 is 0 Å². The predicted octanol–water partition coefficient (Wildman–Crippen LogP) is 1.76. The zero-order valence-electron chi connectivity index (χ0n) is 7.83. The van der Waals surface area contributed by atoms with Gasteiger partial charge in [-0.2, -0.15) is 0 Å². The van der Waals surface area contributed by atoms with E-state index >= 15 is 0 Å². The maximum Gasteiger partial charge on any atom is 0.0944 e. The van der Waals surface area contributed by atoms with Crippen LogP contribution in [0.3, 0.4) is 0 Å². The van der Waals surface area contributed by atoms with Crippen molar-refractivity contribution in [3.8, 4) is 12.3 Å². The number of rotatable bonds is 4. The van der Waals surface area contributed by atoms with Crippen LogP contribution < -0.4 is 5.32 Å². The van der Waals surface area contributed by atoms with Crippen LogP contribution in [-0.4, -0.2) is 11.5 Å². The van der Waals surface area contributed by atoms with Gasteiger partial charge in [0.15, 0.2) is 0 Å². The van der Waals surface area contributed by atoms with Crippen LogP contribution in [0.4, 0.5) is 0 Å². The van der Waals surface area contributed by atoms with E-state index in [0.29, 0.717) is 0 Å². The van der Waals surface area contributed by atoms with Crippen LogP contribution in [0, 0.1) is 12.3 Å². The maximum atomic E-state index is 5.41. The van der Waals surface area contributed by atoms with E-state index in [-0.39, 0.29) is 6.04 Å². The molecule has 1 heterocycles. The minimum absolute atomic E-state index is 0.0166. The first-order valence-electron chi connectivity index (χ1n) is 4.48. The monoisotopic (exact) mass is 174 g/mol. The fourth-order valence-corrected chi connectivity index (χ4v) is 1.12. The summed E-state index contributed by atoms with van der Waals surface area (Å²) in [5, 5.41) is 3.27. The molecule has 2 nitrogen and oxygen atoms in total. The summed E-state index contributed by atoms with van der Waals surface area (Å²) in [4.78, 5) is 3.95. The van der Waals surface area contributed by atoms with Crippen LogP contribution in [0.25, 0.3) is 0 Å². The minimum atomic E-state index is 0.0166. The van der Waals surface area contributed by atoms with Gasteiger partial charge in [-0.15, -0.1) is 6.42 Å². The van der Waals surface area contributed by atoms with Gasteiger partial charge in [0.25, 0.3) is 0 Å². The van der Waals surface area contributed by atoms with Gasteiger partial charge in [-0.05, 0) is 30.7 Å². The van der Waals surface area contributed by atoms with Gasteiger partial charge in [0.1, 0.15) is 0 Å². The molecule has 2 heteroatoms. The summed E-state index contributed by atoms with van der Waals surface area (Å²) in [5.41, 5.74) is 1.10. The average molecular weight is 174 g/mol. The molecule has 0 aliphatic carbocycles. The molecule has 13 heavy (non-hydrogen) atoms. The lowest BCUT2D eigenvalue weighted by atomic mass is 10.1. The molecule has 1 atom stereocenters. The van der Waals surface area contributed by atoms with Crippen molar-refractivity contribution in [2.24, 2.45) is 0 Å². The minimum Gasteiger partial charge on any atom is -0.300 e. The highest BCUT2D eigenvalue weighted by Gasteiger charge is 2.04. The van der Waals surface area contributed by atoms with Crippen LogP contribution >= 0.6 is 0 Å². The topological polar surface area (TPSA) is 24.9 Å². The fourth-order valence-electron chi connectivity index (χ4n) is 1.12. The average Bonchev–Trinajstić information content (AvgIpc) is 2.21.